The summed E-state index contributed by atoms with van der Waals surface area (Å²) in [6.45, 7) is 4.81. The average Bonchev–Trinajstić information content (AvgIpc) is 2.81. The molecule has 2 aromatic rings. The van der Waals surface area contributed by atoms with Crippen molar-refractivity contribution < 1.29 is 23.8 Å². The Kier molecular flexibility index (Phi) is 8.70. The lowest BCUT2D eigenvalue weighted by Gasteiger charge is -2.34. The number of nitrogens with zero attached hydrogens (tertiary/aromatic N) is 2. The monoisotopic (exact) mass is 442 g/mol. The fraction of sp³-hybridized carbons (Fsp3) is 0.391. The summed E-state index contributed by atoms with van der Waals surface area (Å²) >= 11 is 0. The van der Waals surface area contributed by atoms with Crippen LogP contribution in [0.5, 0.6) is 17.2 Å². The van der Waals surface area contributed by atoms with Crippen LogP contribution in [0.2, 0.25) is 0 Å². The molecule has 0 atom stereocenters. The third kappa shape index (κ3) is 7.44. The molecule has 1 aliphatic heterocycles. The van der Waals surface area contributed by atoms with E-state index in [-0.39, 0.29) is 12.5 Å². The fourth-order valence-electron chi connectivity index (χ4n) is 3.34. The predicted molar refractivity (Wildman–Crippen MR) is 122 cm³/mol. The number of ether oxygens (including phenoxy) is 3. The van der Waals surface area contributed by atoms with Gasteiger partial charge >= 0.3 is 6.03 Å². The standard InChI is InChI=1S/C23H30N4O5/c1-30-19-5-3-18(4-6-19)24-23(29)25-22(28)17-27-13-11-26(12-14-27)15-16-32-21-9-7-20(31-2)8-10-21/h3-10H,11-17H2,1-2H3,(H2,24,25,28,29). The van der Waals surface area contributed by atoms with Crippen LogP contribution in [0.4, 0.5) is 10.5 Å². The summed E-state index contributed by atoms with van der Waals surface area (Å²) in [5, 5.41) is 5.01. The first-order chi connectivity index (χ1) is 15.6. The maximum absolute atomic E-state index is 12.2. The van der Waals surface area contributed by atoms with Crippen molar-refractivity contribution in [1.82, 2.24) is 15.1 Å². The van der Waals surface area contributed by atoms with E-state index in [1.54, 1.807) is 38.5 Å². The van der Waals surface area contributed by atoms with Gasteiger partial charge < -0.3 is 19.5 Å². The second kappa shape index (κ2) is 11.9. The molecule has 0 saturated carbocycles. The molecule has 0 unspecified atom stereocenters. The Morgan fingerprint density at radius 2 is 1.34 bits per heavy atom. The second-order valence-electron chi connectivity index (χ2n) is 7.37. The van der Waals surface area contributed by atoms with E-state index < -0.39 is 6.03 Å². The third-order valence-corrected chi connectivity index (χ3v) is 5.17. The van der Waals surface area contributed by atoms with E-state index in [0.29, 0.717) is 18.0 Å². The van der Waals surface area contributed by atoms with Crippen LogP contribution in [0.3, 0.4) is 0 Å². The molecular formula is C23H30N4O5. The quantitative estimate of drug-likeness (QED) is 0.614. The summed E-state index contributed by atoms with van der Waals surface area (Å²) < 4.78 is 16.0. The van der Waals surface area contributed by atoms with Gasteiger partial charge in [-0.25, -0.2) is 4.79 Å². The topological polar surface area (TPSA) is 92.4 Å². The van der Waals surface area contributed by atoms with Crippen LogP contribution in [0.15, 0.2) is 48.5 Å². The first-order valence-electron chi connectivity index (χ1n) is 10.5. The summed E-state index contributed by atoms with van der Waals surface area (Å²) in [6.07, 6.45) is 0. The molecule has 0 spiro atoms. The SMILES string of the molecule is COc1ccc(NC(=O)NC(=O)CN2CCN(CCOc3ccc(OC)cc3)CC2)cc1. The van der Waals surface area contributed by atoms with Crippen LogP contribution in [0, 0.1) is 0 Å². The van der Waals surface area contributed by atoms with Crippen LogP contribution in [0.1, 0.15) is 0 Å². The summed E-state index contributed by atoms with van der Waals surface area (Å²) in [6, 6.07) is 13.9. The number of carbonyl (C=O) groups is 2. The molecule has 3 rings (SSSR count). The number of anilines is 1. The molecule has 32 heavy (non-hydrogen) atoms. The Balaban J connectivity index is 1.30. The van der Waals surface area contributed by atoms with Crippen molar-refractivity contribution in [3.63, 3.8) is 0 Å². The zero-order valence-corrected chi connectivity index (χ0v) is 18.5. The predicted octanol–water partition coefficient (Wildman–Crippen LogP) is 2.05. The van der Waals surface area contributed by atoms with Gasteiger partial charge in [-0.15, -0.1) is 0 Å². The smallest absolute Gasteiger partial charge is 0.325 e. The maximum Gasteiger partial charge on any atom is 0.325 e. The zero-order valence-electron chi connectivity index (χ0n) is 18.5. The second-order valence-corrected chi connectivity index (χ2v) is 7.37. The summed E-state index contributed by atoms with van der Waals surface area (Å²) in [5.74, 6) is 1.98. The Hall–Kier alpha value is -3.30. The molecule has 0 aliphatic carbocycles. The van der Waals surface area contributed by atoms with Gasteiger partial charge in [0.25, 0.3) is 0 Å². The number of imide groups is 1. The molecule has 0 bridgehead atoms. The highest BCUT2D eigenvalue weighted by molar-refractivity contribution is 6.01. The number of benzene rings is 2. The molecule has 3 amide bonds. The van der Waals surface area contributed by atoms with Crippen molar-refractivity contribution in [2.24, 2.45) is 0 Å². The first kappa shape index (κ1) is 23.4. The summed E-state index contributed by atoms with van der Waals surface area (Å²) in [7, 11) is 3.21. The van der Waals surface area contributed by atoms with E-state index in [2.05, 4.69) is 15.5 Å². The van der Waals surface area contributed by atoms with Crippen molar-refractivity contribution in [2.75, 3.05) is 65.4 Å². The lowest BCUT2D eigenvalue weighted by molar-refractivity contribution is -0.121. The van der Waals surface area contributed by atoms with Gasteiger partial charge in [-0.2, -0.15) is 0 Å². The highest BCUT2D eigenvalue weighted by Crippen LogP contribution is 2.17. The third-order valence-electron chi connectivity index (χ3n) is 5.17. The van der Waals surface area contributed by atoms with E-state index in [4.69, 9.17) is 14.2 Å². The van der Waals surface area contributed by atoms with Crippen molar-refractivity contribution in [1.29, 1.82) is 0 Å². The number of hydrogen-bond acceptors (Lipinski definition) is 7. The molecule has 1 saturated heterocycles. The number of urea groups is 1. The lowest BCUT2D eigenvalue weighted by atomic mass is 10.3. The number of piperazine rings is 1. The number of hydrogen-bond donors (Lipinski definition) is 2. The highest BCUT2D eigenvalue weighted by Gasteiger charge is 2.19. The maximum atomic E-state index is 12.2. The number of amides is 3. The molecule has 1 fully saturated rings. The Morgan fingerprint density at radius 1 is 0.812 bits per heavy atom. The zero-order chi connectivity index (χ0) is 22.8. The highest BCUT2D eigenvalue weighted by atomic mass is 16.5. The van der Waals surface area contributed by atoms with Gasteiger partial charge in [-0.05, 0) is 48.5 Å². The Labute approximate surface area is 188 Å². The van der Waals surface area contributed by atoms with Gasteiger partial charge in [-0.3, -0.25) is 19.9 Å². The van der Waals surface area contributed by atoms with E-state index in [1.807, 2.05) is 29.2 Å². The minimum Gasteiger partial charge on any atom is -0.497 e. The van der Waals surface area contributed by atoms with E-state index in [0.717, 1.165) is 44.2 Å². The van der Waals surface area contributed by atoms with Gasteiger partial charge in [0.15, 0.2) is 0 Å². The molecule has 0 radical (unpaired) electrons. The van der Waals surface area contributed by atoms with Crippen molar-refractivity contribution in [2.45, 2.75) is 0 Å². The molecule has 1 aliphatic rings. The molecule has 2 N–H and O–H groups in total. The Morgan fingerprint density at radius 3 is 1.94 bits per heavy atom. The number of nitrogens with one attached hydrogen (secondary N) is 2. The van der Waals surface area contributed by atoms with Crippen LogP contribution >= 0.6 is 0 Å². The first-order valence-corrected chi connectivity index (χ1v) is 10.5. The number of rotatable bonds is 9. The molecule has 9 nitrogen and oxygen atoms in total. The van der Waals surface area contributed by atoms with Crippen LogP contribution in [0.25, 0.3) is 0 Å². The summed E-state index contributed by atoms with van der Waals surface area (Å²) in [5.41, 5.74) is 0.585. The summed E-state index contributed by atoms with van der Waals surface area (Å²) in [4.78, 5) is 28.6. The van der Waals surface area contributed by atoms with Crippen LogP contribution < -0.4 is 24.8 Å². The largest absolute Gasteiger partial charge is 0.497 e. The van der Waals surface area contributed by atoms with E-state index >= 15 is 0 Å². The van der Waals surface area contributed by atoms with Crippen molar-refractivity contribution in [3.8, 4) is 17.2 Å². The molecule has 172 valence electrons. The van der Waals surface area contributed by atoms with Gasteiger partial charge in [0.1, 0.15) is 23.9 Å². The molecule has 1 heterocycles. The van der Waals surface area contributed by atoms with E-state index in [1.165, 1.54) is 0 Å². The number of methoxy groups -OCH3 is 2. The number of carbonyl (C=O) groups excluding carboxylic acids is 2. The van der Waals surface area contributed by atoms with Crippen molar-refractivity contribution in [3.05, 3.63) is 48.5 Å². The van der Waals surface area contributed by atoms with Gasteiger partial charge in [0.05, 0.1) is 20.8 Å². The fourth-order valence-corrected chi connectivity index (χ4v) is 3.34. The minimum atomic E-state index is -0.547. The van der Waals surface area contributed by atoms with Gasteiger partial charge in [0, 0.05) is 38.4 Å². The molecule has 0 aromatic heterocycles. The molecule has 9 heteroatoms. The van der Waals surface area contributed by atoms with Crippen molar-refractivity contribution >= 4 is 17.6 Å². The Bertz CT molecular complexity index is 865. The molecule has 2 aromatic carbocycles. The van der Waals surface area contributed by atoms with Gasteiger partial charge in [-0.1, -0.05) is 0 Å². The van der Waals surface area contributed by atoms with Crippen LogP contribution in [-0.2, 0) is 4.79 Å². The minimum absolute atomic E-state index is 0.187. The lowest BCUT2D eigenvalue weighted by Crippen LogP contribution is -2.51. The van der Waals surface area contributed by atoms with E-state index in [9.17, 15) is 9.59 Å². The average molecular weight is 443 g/mol. The van der Waals surface area contributed by atoms with Crippen LogP contribution in [-0.4, -0.2) is 81.8 Å². The normalized spacial score (nSPS) is 14.4. The molecular weight excluding hydrogens is 412 g/mol. The van der Waals surface area contributed by atoms with Gasteiger partial charge in [0.2, 0.25) is 5.91 Å².